The first kappa shape index (κ1) is 14.7. The van der Waals surface area contributed by atoms with E-state index >= 15 is 0 Å². The summed E-state index contributed by atoms with van der Waals surface area (Å²) in [6, 6.07) is 10.8. The number of nitrogens with zero attached hydrogens (tertiary/aromatic N) is 2. The smallest absolute Gasteiger partial charge is 0.207 e. The van der Waals surface area contributed by atoms with Crippen molar-refractivity contribution in [3.05, 3.63) is 52.7 Å². The Morgan fingerprint density at radius 2 is 2.00 bits per heavy atom. The second-order valence-corrected chi connectivity index (χ2v) is 7.44. The number of sulfonamides is 1. The van der Waals surface area contributed by atoms with Gasteiger partial charge in [0, 0.05) is 19.2 Å². The van der Waals surface area contributed by atoms with Crippen LogP contribution in [0.25, 0.3) is 0 Å². The van der Waals surface area contributed by atoms with Gasteiger partial charge in [-0.1, -0.05) is 18.2 Å². The third-order valence-corrected chi connectivity index (χ3v) is 5.97. The molecule has 0 saturated carbocycles. The fourth-order valence-corrected chi connectivity index (χ4v) is 4.09. The van der Waals surface area contributed by atoms with Gasteiger partial charge in [0.1, 0.15) is 21.0 Å². The van der Waals surface area contributed by atoms with E-state index in [1.807, 2.05) is 6.07 Å². The Morgan fingerprint density at radius 3 is 2.60 bits per heavy atom. The summed E-state index contributed by atoms with van der Waals surface area (Å²) < 4.78 is 39.2. The summed E-state index contributed by atoms with van der Waals surface area (Å²) in [4.78, 5) is 0.322. The molecule has 0 unspecified atom stereocenters. The van der Waals surface area contributed by atoms with Gasteiger partial charge in [-0.05, 0) is 18.2 Å². The Balaban J connectivity index is 2.26. The minimum absolute atomic E-state index is 0.0607. The van der Waals surface area contributed by atoms with E-state index in [-0.39, 0.29) is 10.8 Å². The van der Waals surface area contributed by atoms with Gasteiger partial charge in [0.15, 0.2) is 0 Å². The quantitative estimate of drug-likeness (QED) is 0.872. The van der Waals surface area contributed by atoms with Crippen LogP contribution >= 0.6 is 11.3 Å². The molecule has 0 radical (unpaired) electrons. The fourth-order valence-electron chi connectivity index (χ4n) is 1.62. The first-order valence-electron chi connectivity index (χ1n) is 5.65. The summed E-state index contributed by atoms with van der Waals surface area (Å²) in [5, 5.41) is 8.73. The number of hydrogen-bond donors (Lipinski definition) is 0. The number of thiophene rings is 1. The normalized spacial score (nSPS) is 11.5. The van der Waals surface area contributed by atoms with Crippen LogP contribution in [0.5, 0.6) is 0 Å². The number of benzene rings is 1. The molecule has 0 spiro atoms. The van der Waals surface area contributed by atoms with E-state index in [0.717, 1.165) is 15.6 Å². The Hall–Kier alpha value is -1.75. The van der Waals surface area contributed by atoms with Crippen molar-refractivity contribution in [3.63, 3.8) is 0 Å². The first-order valence-corrected chi connectivity index (χ1v) is 7.90. The number of halogens is 1. The first-order chi connectivity index (χ1) is 9.45. The third kappa shape index (κ3) is 2.88. The van der Waals surface area contributed by atoms with Gasteiger partial charge in [0.05, 0.1) is 0 Å². The molecule has 104 valence electrons. The zero-order chi connectivity index (χ0) is 14.8. The van der Waals surface area contributed by atoms with Crippen LogP contribution in [0.3, 0.4) is 0 Å². The number of nitriles is 1. The average Bonchev–Trinajstić information content (AvgIpc) is 2.90. The van der Waals surface area contributed by atoms with E-state index in [9.17, 15) is 12.8 Å². The van der Waals surface area contributed by atoms with Gasteiger partial charge in [-0.2, -0.15) is 9.57 Å². The van der Waals surface area contributed by atoms with Crippen molar-refractivity contribution in [2.75, 3.05) is 7.05 Å². The van der Waals surface area contributed by atoms with Crippen LogP contribution in [0.15, 0.2) is 40.6 Å². The van der Waals surface area contributed by atoms with E-state index < -0.39 is 15.8 Å². The van der Waals surface area contributed by atoms with Crippen LogP contribution in [0.2, 0.25) is 0 Å². The summed E-state index contributed by atoms with van der Waals surface area (Å²) in [7, 11) is -2.33. The van der Waals surface area contributed by atoms with Crippen LogP contribution < -0.4 is 0 Å². The maximum Gasteiger partial charge on any atom is 0.252 e. The average molecular weight is 310 g/mol. The van der Waals surface area contributed by atoms with Crippen LogP contribution in [-0.4, -0.2) is 19.8 Å². The molecule has 0 saturated heterocycles. The lowest BCUT2D eigenvalue weighted by molar-refractivity contribution is 0.458. The molecule has 1 heterocycles. The molecule has 2 rings (SSSR count). The van der Waals surface area contributed by atoms with Gasteiger partial charge in [-0.25, -0.2) is 12.8 Å². The number of hydrogen-bond acceptors (Lipinski definition) is 4. The predicted octanol–water partition coefficient (Wildman–Crippen LogP) is 2.58. The van der Waals surface area contributed by atoms with Crippen molar-refractivity contribution in [2.45, 2.75) is 10.8 Å². The van der Waals surface area contributed by atoms with Crippen molar-refractivity contribution < 1.29 is 12.8 Å². The highest BCUT2D eigenvalue weighted by Crippen LogP contribution is 2.25. The lowest BCUT2D eigenvalue weighted by atomic mass is 10.2. The molecule has 0 aliphatic rings. The van der Waals surface area contributed by atoms with Gasteiger partial charge in [0.25, 0.3) is 10.0 Å². The van der Waals surface area contributed by atoms with E-state index in [4.69, 9.17) is 5.26 Å². The van der Waals surface area contributed by atoms with Gasteiger partial charge >= 0.3 is 0 Å². The molecular weight excluding hydrogens is 299 g/mol. The van der Waals surface area contributed by atoms with E-state index in [1.165, 1.54) is 31.3 Å². The van der Waals surface area contributed by atoms with Crippen molar-refractivity contribution in [1.82, 2.24) is 4.31 Å². The van der Waals surface area contributed by atoms with Gasteiger partial charge in [0.2, 0.25) is 0 Å². The van der Waals surface area contributed by atoms with E-state index in [2.05, 4.69) is 0 Å². The zero-order valence-electron chi connectivity index (χ0n) is 10.6. The maximum atomic E-state index is 13.5. The molecule has 1 aromatic carbocycles. The standard InChI is InChI=1S/C13H11FN2O2S2/c1-16(9-10-4-2-3-5-12(10)14)20(17,18)13-7-6-11(8-15)19-13/h2-7H,9H2,1H3. The van der Waals surface area contributed by atoms with Crippen LogP contribution in [-0.2, 0) is 16.6 Å². The summed E-state index contributed by atoms with van der Waals surface area (Å²) >= 11 is 0.898. The van der Waals surface area contributed by atoms with Crippen LogP contribution in [0, 0.1) is 17.1 Å². The fraction of sp³-hybridized carbons (Fsp3) is 0.154. The number of rotatable bonds is 4. The zero-order valence-corrected chi connectivity index (χ0v) is 12.2. The van der Waals surface area contributed by atoms with E-state index in [0.29, 0.717) is 10.4 Å². The maximum absolute atomic E-state index is 13.5. The van der Waals surface area contributed by atoms with Crippen LogP contribution in [0.1, 0.15) is 10.4 Å². The minimum atomic E-state index is -3.71. The highest BCUT2D eigenvalue weighted by Gasteiger charge is 2.23. The van der Waals surface area contributed by atoms with Gasteiger partial charge in [-0.3, -0.25) is 0 Å². The van der Waals surface area contributed by atoms with Gasteiger partial charge < -0.3 is 0 Å². The van der Waals surface area contributed by atoms with Crippen molar-refractivity contribution in [3.8, 4) is 6.07 Å². The lowest BCUT2D eigenvalue weighted by Gasteiger charge is -2.16. The molecule has 0 atom stereocenters. The molecule has 0 aliphatic heterocycles. The molecule has 0 N–H and O–H groups in total. The predicted molar refractivity (Wildman–Crippen MR) is 74.1 cm³/mol. The Kier molecular flexibility index (Phi) is 4.18. The molecule has 0 amide bonds. The topological polar surface area (TPSA) is 61.2 Å². The Labute approximate surface area is 120 Å². The van der Waals surface area contributed by atoms with Gasteiger partial charge in [-0.15, -0.1) is 11.3 Å². The van der Waals surface area contributed by atoms with Crippen molar-refractivity contribution in [1.29, 1.82) is 5.26 Å². The third-order valence-electron chi connectivity index (χ3n) is 2.71. The second kappa shape index (κ2) is 5.71. The summed E-state index contributed by atoms with van der Waals surface area (Å²) in [6.45, 7) is -0.0607. The lowest BCUT2D eigenvalue weighted by Crippen LogP contribution is -2.26. The van der Waals surface area contributed by atoms with Crippen LogP contribution in [0.4, 0.5) is 4.39 Å². The largest absolute Gasteiger partial charge is 0.252 e. The molecule has 1 aromatic heterocycles. The molecule has 4 nitrogen and oxygen atoms in total. The summed E-state index contributed by atoms with van der Waals surface area (Å²) in [5.41, 5.74) is 0.302. The molecule has 2 aromatic rings. The Morgan fingerprint density at radius 1 is 1.30 bits per heavy atom. The summed E-state index contributed by atoms with van der Waals surface area (Å²) in [6.07, 6.45) is 0. The molecule has 0 aliphatic carbocycles. The Bertz CT molecular complexity index is 763. The monoisotopic (exact) mass is 310 g/mol. The molecule has 0 bridgehead atoms. The SMILES string of the molecule is CN(Cc1ccccc1F)S(=O)(=O)c1ccc(C#N)s1. The molecular formula is C13H11FN2O2S2. The highest BCUT2D eigenvalue weighted by molar-refractivity contribution is 7.91. The highest BCUT2D eigenvalue weighted by atomic mass is 32.2. The second-order valence-electron chi connectivity index (χ2n) is 4.08. The van der Waals surface area contributed by atoms with Crippen molar-refractivity contribution in [2.24, 2.45) is 0 Å². The summed E-state index contributed by atoms with van der Waals surface area (Å²) in [5.74, 6) is -0.446. The van der Waals surface area contributed by atoms with E-state index in [1.54, 1.807) is 12.1 Å². The minimum Gasteiger partial charge on any atom is -0.207 e. The molecule has 7 heteroatoms. The van der Waals surface area contributed by atoms with Crippen molar-refractivity contribution >= 4 is 21.4 Å². The molecule has 0 fully saturated rings. The molecule has 20 heavy (non-hydrogen) atoms.